The number of rotatable bonds is 7. The van der Waals surface area contributed by atoms with E-state index < -0.39 is 0 Å². The number of hydrogen-bond acceptors (Lipinski definition) is 4. The first-order valence-electron chi connectivity index (χ1n) is 7.40. The first-order valence-corrected chi connectivity index (χ1v) is 7.40. The van der Waals surface area contributed by atoms with E-state index in [1.165, 1.54) is 12.1 Å². The van der Waals surface area contributed by atoms with Gasteiger partial charge in [-0.15, -0.1) is 0 Å². The van der Waals surface area contributed by atoms with Crippen LogP contribution in [0.3, 0.4) is 0 Å². The van der Waals surface area contributed by atoms with E-state index in [1.54, 1.807) is 6.07 Å². The Morgan fingerprint density at radius 2 is 2.14 bits per heavy atom. The highest BCUT2D eigenvalue weighted by Crippen LogP contribution is 2.18. The quantitative estimate of drug-likeness (QED) is 0.850. The van der Waals surface area contributed by atoms with E-state index in [1.807, 2.05) is 6.07 Å². The van der Waals surface area contributed by atoms with Crippen LogP contribution < -0.4 is 5.32 Å². The average molecular weight is 291 g/mol. The molecule has 0 saturated carbocycles. The summed E-state index contributed by atoms with van der Waals surface area (Å²) in [6.07, 6.45) is 1.57. The van der Waals surface area contributed by atoms with Gasteiger partial charge < -0.3 is 9.84 Å². The lowest BCUT2D eigenvalue weighted by Gasteiger charge is -2.17. The monoisotopic (exact) mass is 291 g/mol. The molecule has 0 fully saturated rings. The summed E-state index contributed by atoms with van der Waals surface area (Å²) in [5.74, 6) is 1.11. The zero-order valence-corrected chi connectivity index (χ0v) is 12.8. The van der Waals surface area contributed by atoms with Crippen molar-refractivity contribution in [1.82, 2.24) is 15.5 Å². The van der Waals surface area contributed by atoms with E-state index in [0.717, 1.165) is 18.5 Å². The van der Waals surface area contributed by atoms with Gasteiger partial charge in [0.15, 0.2) is 5.82 Å². The van der Waals surface area contributed by atoms with Crippen LogP contribution in [0.5, 0.6) is 0 Å². The Balaban J connectivity index is 2.00. The van der Waals surface area contributed by atoms with Crippen LogP contribution in [0.4, 0.5) is 4.39 Å². The molecule has 1 N–H and O–H groups in total. The van der Waals surface area contributed by atoms with Crippen LogP contribution in [-0.4, -0.2) is 22.7 Å². The normalized spacial score (nSPS) is 14.1. The van der Waals surface area contributed by atoms with Crippen LogP contribution in [-0.2, 0) is 6.42 Å². The van der Waals surface area contributed by atoms with Gasteiger partial charge in [0.05, 0.1) is 5.92 Å². The molecule has 2 rings (SSSR count). The molecule has 2 unspecified atom stereocenters. The second-order valence-electron chi connectivity index (χ2n) is 5.39. The molecule has 21 heavy (non-hydrogen) atoms. The number of nitrogens with zero attached hydrogens (tertiary/aromatic N) is 2. The minimum Gasteiger partial charge on any atom is -0.339 e. The second kappa shape index (κ2) is 7.31. The van der Waals surface area contributed by atoms with Gasteiger partial charge in [-0.1, -0.05) is 31.1 Å². The second-order valence-corrected chi connectivity index (χ2v) is 5.39. The fourth-order valence-corrected chi connectivity index (χ4v) is 2.12. The summed E-state index contributed by atoms with van der Waals surface area (Å²) in [5.41, 5.74) is 0.840. The molecule has 0 amide bonds. The molecule has 5 heteroatoms. The van der Waals surface area contributed by atoms with Crippen LogP contribution >= 0.6 is 0 Å². The van der Waals surface area contributed by atoms with E-state index >= 15 is 0 Å². The lowest BCUT2D eigenvalue weighted by molar-refractivity contribution is 0.328. The summed E-state index contributed by atoms with van der Waals surface area (Å²) < 4.78 is 18.5. The van der Waals surface area contributed by atoms with Crippen molar-refractivity contribution in [3.63, 3.8) is 0 Å². The van der Waals surface area contributed by atoms with Gasteiger partial charge in [0.25, 0.3) is 0 Å². The van der Waals surface area contributed by atoms with Crippen molar-refractivity contribution in [3.8, 4) is 0 Å². The van der Waals surface area contributed by atoms with Crippen LogP contribution in [0.15, 0.2) is 28.8 Å². The van der Waals surface area contributed by atoms with Gasteiger partial charge in [-0.3, -0.25) is 0 Å². The largest absolute Gasteiger partial charge is 0.339 e. The molecule has 0 aliphatic heterocycles. The van der Waals surface area contributed by atoms with Gasteiger partial charge in [-0.2, -0.15) is 4.98 Å². The van der Waals surface area contributed by atoms with Gasteiger partial charge in [0, 0.05) is 12.5 Å². The fourth-order valence-electron chi connectivity index (χ4n) is 2.12. The van der Waals surface area contributed by atoms with Crippen molar-refractivity contribution in [2.24, 2.45) is 0 Å². The summed E-state index contributed by atoms with van der Waals surface area (Å²) in [6.45, 7) is 7.27. The molecule has 4 nitrogen and oxygen atoms in total. The molecule has 0 saturated heterocycles. The summed E-state index contributed by atoms with van der Waals surface area (Å²) >= 11 is 0. The Hall–Kier alpha value is -1.75. The van der Waals surface area contributed by atoms with E-state index in [0.29, 0.717) is 18.1 Å². The number of halogens is 1. The summed E-state index contributed by atoms with van der Waals surface area (Å²) in [6, 6.07) is 6.73. The first-order chi connectivity index (χ1) is 10.1. The Morgan fingerprint density at radius 1 is 1.33 bits per heavy atom. The third-order valence-corrected chi connectivity index (χ3v) is 3.59. The fraction of sp³-hybridized carbons (Fsp3) is 0.500. The Bertz CT molecular complexity index is 570. The molecule has 0 bridgehead atoms. The third kappa shape index (κ3) is 4.36. The van der Waals surface area contributed by atoms with Crippen molar-refractivity contribution in [2.45, 2.75) is 45.6 Å². The molecular formula is C16H22FN3O. The first kappa shape index (κ1) is 15.6. The maximum atomic E-state index is 13.2. The van der Waals surface area contributed by atoms with E-state index in [2.05, 4.69) is 36.2 Å². The van der Waals surface area contributed by atoms with E-state index in [-0.39, 0.29) is 17.8 Å². The van der Waals surface area contributed by atoms with Crippen LogP contribution in [0.1, 0.15) is 50.4 Å². The molecule has 0 aliphatic rings. The molecule has 1 heterocycles. The van der Waals surface area contributed by atoms with Gasteiger partial charge in [0.2, 0.25) is 5.89 Å². The minimum atomic E-state index is -0.248. The van der Waals surface area contributed by atoms with Gasteiger partial charge >= 0.3 is 0 Å². The zero-order chi connectivity index (χ0) is 15.2. The third-order valence-electron chi connectivity index (χ3n) is 3.59. The molecule has 1 aromatic heterocycles. The molecule has 1 aromatic carbocycles. The van der Waals surface area contributed by atoms with Gasteiger partial charge in [-0.05, 0) is 37.6 Å². The zero-order valence-electron chi connectivity index (χ0n) is 12.8. The van der Waals surface area contributed by atoms with Crippen LogP contribution in [0.25, 0.3) is 0 Å². The highest BCUT2D eigenvalue weighted by atomic mass is 19.1. The molecule has 0 aliphatic carbocycles. The number of hydrogen-bond donors (Lipinski definition) is 1. The van der Waals surface area contributed by atoms with Crippen molar-refractivity contribution in [1.29, 1.82) is 0 Å². The Morgan fingerprint density at radius 3 is 2.86 bits per heavy atom. The summed E-state index contributed by atoms with van der Waals surface area (Å²) in [5, 5.41) is 7.41. The number of nitrogens with one attached hydrogen (secondary N) is 1. The highest BCUT2D eigenvalue weighted by molar-refractivity contribution is 5.19. The molecular weight excluding hydrogens is 269 g/mol. The van der Waals surface area contributed by atoms with Crippen LogP contribution in [0.2, 0.25) is 0 Å². The molecule has 0 spiro atoms. The predicted octanol–water partition coefficient (Wildman–Crippen LogP) is 3.29. The predicted molar refractivity (Wildman–Crippen MR) is 79.7 cm³/mol. The summed E-state index contributed by atoms with van der Waals surface area (Å²) in [4.78, 5) is 4.42. The SMILES string of the molecule is CCCNC(C)C(C)c1nc(Cc2cccc(F)c2)no1. The smallest absolute Gasteiger partial charge is 0.231 e. The lowest BCUT2D eigenvalue weighted by Crippen LogP contribution is -2.31. The molecule has 2 atom stereocenters. The number of aromatic nitrogens is 2. The van der Waals surface area contributed by atoms with Crippen molar-refractivity contribution in [3.05, 3.63) is 47.4 Å². The van der Waals surface area contributed by atoms with E-state index in [4.69, 9.17) is 4.52 Å². The molecule has 2 aromatic rings. The Labute approximate surface area is 124 Å². The Kier molecular flexibility index (Phi) is 5.44. The minimum absolute atomic E-state index is 0.144. The van der Waals surface area contributed by atoms with Crippen LogP contribution in [0, 0.1) is 5.82 Å². The van der Waals surface area contributed by atoms with Crippen molar-refractivity contribution in [2.75, 3.05) is 6.54 Å². The molecule has 0 radical (unpaired) electrons. The van der Waals surface area contributed by atoms with E-state index in [9.17, 15) is 4.39 Å². The van der Waals surface area contributed by atoms with Crippen molar-refractivity contribution < 1.29 is 8.91 Å². The standard InChI is InChI=1S/C16H22FN3O/c1-4-8-18-12(3)11(2)16-19-15(20-21-16)10-13-6-5-7-14(17)9-13/h5-7,9,11-12,18H,4,8,10H2,1-3H3. The topological polar surface area (TPSA) is 51.0 Å². The molecule has 114 valence electrons. The van der Waals surface area contributed by atoms with Gasteiger partial charge in [0.1, 0.15) is 5.82 Å². The lowest BCUT2D eigenvalue weighted by atomic mass is 10.0. The van der Waals surface area contributed by atoms with Gasteiger partial charge in [-0.25, -0.2) is 4.39 Å². The maximum absolute atomic E-state index is 13.2. The van der Waals surface area contributed by atoms with Crippen molar-refractivity contribution >= 4 is 0 Å². The maximum Gasteiger partial charge on any atom is 0.231 e. The number of benzene rings is 1. The summed E-state index contributed by atoms with van der Waals surface area (Å²) in [7, 11) is 0. The average Bonchev–Trinajstić information content (AvgIpc) is 2.92. The highest BCUT2D eigenvalue weighted by Gasteiger charge is 2.20.